The summed E-state index contributed by atoms with van der Waals surface area (Å²) in [4.78, 5) is 31.2. The number of amides is 1. The third-order valence-electron chi connectivity index (χ3n) is 4.66. The van der Waals surface area contributed by atoms with Gasteiger partial charge in [-0.2, -0.15) is 0 Å². The van der Waals surface area contributed by atoms with Crippen LogP contribution in [0.5, 0.6) is 11.6 Å². The molecular weight excluding hydrogens is 422 g/mol. The first-order chi connectivity index (χ1) is 14.6. The van der Waals surface area contributed by atoms with Gasteiger partial charge in [0.2, 0.25) is 12.0 Å². The van der Waals surface area contributed by atoms with Crippen molar-refractivity contribution < 1.29 is 14.6 Å². The molecule has 2 aromatic carbocycles. The van der Waals surface area contributed by atoms with Gasteiger partial charge < -0.3 is 15.2 Å². The van der Waals surface area contributed by atoms with Gasteiger partial charge in [0.1, 0.15) is 16.5 Å². The van der Waals surface area contributed by atoms with Gasteiger partial charge in [0, 0.05) is 17.4 Å². The van der Waals surface area contributed by atoms with E-state index in [2.05, 4.69) is 15.3 Å². The van der Waals surface area contributed by atoms with E-state index in [0.717, 1.165) is 27.5 Å². The molecule has 30 heavy (non-hydrogen) atoms. The standard InChI is InChI=1S/C21H15N3O4S2/c25-18-16(30-21(27)24-18)9-11-6-7-15-13(8-11)22-19(26)17(28-15)14-10-29-20(23-14)12-4-2-1-3-5-12/h1-8,10,17,25H,9H2,(H,22,26)(H,24,27). The first-order valence-corrected chi connectivity index (χ1v) is 10.8. The van der Waals surface area contributed by atoms with E-state index in [1.807, 2.05) is 41.8 Å². The van der Waals surface area contributed by atoms with E-state index < -0.39 is 6.10 Å². The normalized spacial score (nSPS) is 15.3. The molecule has 1 aliphatic rings. The third-order valence-corrected chi connectivity index (χ3v) is 6.44. The zero-order valence-corrected chi connectivity index (χ0v) is 17.0. The lowest BCUT2D eigenvalue weighted by atomic mass is 10.1. The van der Waals surface area contributed by atoms with Crippen LogP contribution in [0.2, 0.25) is 0 Å². The molecule has 0 saturated heterocycles. The van der Waals surface area contributed by atoms with Crippen molar-refractivity contribution in [3.8, 4) is 22.2 Å². The van der Waals surface area contributed by atoms with Gasteiger partial charge in [0.05, 0.1) is 10.6 Å². The molecule has 5 rings (SSSR count). The van der Waals surface area contributed by atoms with Crippen LogP contribution >= 0.6 is 22.7 Å². The van der Waals surface area contributed by atoms with Crippen LogP contribution in [0.1, 0.15) is 22.2 Å². The average Bonchev–Trinajstić information content (AvgIpc) is 3.35. The number of fused-ring (bicyclic) bond motifs is 1. The molecule has 1 amide bonds. The molecule has 0 aliphatic carbocycles. The number of carbonyl (C=O) groups excluding carboxylic acids is 1. The summed E-state index contributed by atoms with van der Waals surface area (Å²) in [5.74, 6) is 0.128. The van der Waals surface area contributed by atoms with E-state index >= 15 is 0 Å². The molecule has 4 aromatic rings. The largest absolute Gasteiger partial charge is 0.494 e. The molecular formula is C21H15N3O4S2. The van der Waals surface area contributed by atoms with Gasteiger partial charge in [0.15, 0.2) is 0 Å². The first-order valence-electron chi connectivity index (χ1n) is 9.09. The number of aromatic hydroxyl groups is 1. The van der Waals surface area contributed by atoms with Crippen LogP contribution < -0.4 is 14.9 Å². The number of carbonyl (C=O) groups is 1. The minimum absolute atomic E-state index is 0.124. The second-order valence-electron chi connectivity index (χ2n) is 6.72. The molecule has 0 spiro atoms. The Morgan fingerprint density at radius 2 is 1.97 bits per heavy atom. The number of ether oxygens (including phenoxy) is 1. The maximum absolute atomic E-state index is 12.7. The van der Waals surface area contributed by atoms with Gasteiger partial charge >= 0.3 is 4.87 Å². The summed E-state index contributed by atoms with van der Waals surface area (Å²) in [5.41, 5.74) is 2.94. The van der Waals surface area contributed by atoms with Gasteiger partial charge in [-0.3, -0.25) is 14.6 Å². The van der Waals surface area contributed by atoms with Crippen LogP contribution in [-0.4, -0.2) is 21.0 Å². The zero-order valence-electron chi connectivity index (χ0n) is 15.4. The number of aromatic amines is 1. The average molecular weight is 438 g/mol. The van der Waals surface area contributed by atoms with Gasteiger partial charge in [0.25, 0.3) is 5.91 Å². The number of benzene rings is 2. The van der Waals surface area contributed by atoms with Crippen molar-refractivity contribution in [1.29, 1.82) is 0 Å². The van der Waals surface area contributed by atoms with Gasteiger partial charge in [-0.1, -0.05) is 47.7 Å². The minimum Gasteiger partial charge on any atom is -0.494 e. The Morgan fingerprint density at radius 3 is 2.73 bits per heavy atom. The Balaban J connectivity index is 1.38. The maximum atomic E-state index is 12.7. The molecule has 2 aromatic heterocycles. The number of H-pyrrole nitrogens is 1. The molecule has 3 N–H and O–H groups in total. The van der Waals surface area contributed by atoms with Crippen LogP contribution in [0.15, 0.2) is 58.7 Å². The topological polar surface area (TPSA) is 104 Å². The minimum atomic E-state index is -0.823. The van der Waals surface area contributed by atoms with E-state index in [4.69, 9.17) is 4.74 Å². The van der Waals surface area contributed by atoms with Gasteiger partial charge in [-0.25, -0.2) is 4.98 Å². The fraction of sp³-hybridized carbons (Fsp3) is 0.0952. The molecule has 3 heterocycles. The van der Waals surface area contributed by atoms with E-state index in [-0.39, 0.29) is 16.7 Å². The van der Waals surface area contributed by atoms with Gasteiger partial charge in [-0.05, 0) is 17.7 Å². The fourth-order valence-corrected chi connectivity index (χ4v) is 4.84. The highest BCUT2D eigenvalue weighted by Crippen LogP contribution is 2.37. The summed E-state index contributed by atoms with van der Waals surface area (Å²) in [5, 5.41) is 15.3. The summed E-state index contributed by atoms with van der Waals surface area (Å²) < 4.78 is 5.94. The molecule has 0 bridgehead atoms. The van der Waals surface area contributed by atoms with Crippen LogP contribution in [0, 0.1) is 0 Å². The maximum Gasteiger partial charge on any atom is 0.307 e. The fourth-order valence-electron chi connectivity index (χ4n) is 3.24. The van der Waals surface area contributed by atoms with Crippen LogP contribution in [0.25, 0.3) is 10.6 Å². The van der Waals surface area contributed by atoms with Crippen LogP contribution in [0.4, 0.5) is 5.69 Å². The summed E-state index contributed by atoms with van der Waals surface area (Å²) in [6.45, 7) is 0. The van der Waals surface area contributed by atoms with Crippen molar-refractivity contribution in [3.05, 3.63) is 79.7 Å². The van der Waals surface area contributed by atoms with Gasteiger partial charge in [-0.15, -0.1) is 11.3 Å². The van der Waals surface area contributed by atoms with E-state index in [9.17, 15) is 14.7 Å². The predicted octanol–water partition coefficient (Wildman–Crippen LogP) is 3.93. The molecule has 1 aliphatic heterocycles. The first kappa shape index (κ1) is 18.6. The summed E-state index contributed by atoms with van der Waals surface area (Å²) in [7, 11) is 0. The molecule has 0 fully saturated rings. The highest BCUT2D eigenvalue weighted by Gasteiger charge is 2.31. The number of nitrogens with zero attached hydrogens (tertiary/aromatic N) is 1. The van der Waals surface area contributed by atoms with Crippen molar-refractivity contribution in [2.75, 3.05) is 5.32 Å². The molecule has 1 atom stereocenters. The summed E-state index contributed by atoms with van der Waals surface area (Å²) >= 11 is 2.42. The number of aromatic nitrogens is 2. The smallest absolute Gasteiger partial charge is 0.307 e. The van der Waals surface area contributed by atoms with E-state index in [1.54, 1.807) is 12.1 Å². The summed E-state index contributed by atoms with van der Waals surface area (Å²) in [6.07, 6.45) is -0.454. The van der Waals surface area contributed by atoms with E-state index in [0.29, 0.717) is 28.4 Å². The second kappa shape index (κ2) is 7.43. The van der Waals surface area contributed by atoms with Crippen molar-refractivity contribution >= 4 is 34.3 Å². The Labute approximate surface area is 178 Å². The number of hydrogen-bond donors (Lipinski definition) is 3. The van der Waals surface area contributed by atoms with Crippen molar-refractivity contribution in [2.24, 2.45) is 0 Å². The van der Waals surface area contributed by atoms with Crippen LogP contribution in [-0.2, 0) is 11.2 Å². The number of rotatable bonds is 4. The second-order valence-corrected chi connectivity index (χ2v) is 8.65. The van der Waals surface area contributed by atoms with Crippen LogP contribution in [0.3, 0.4) is 0 Å². The third kappa shape index (κ3) is 3.49. The summed E-state index contributed by atoms with van der Waals surface area (Å²) in [6, 6.07) is 15.2. The van der Waals surface area contributed by atoms with E-state index in [1.165, 1.54) is 11.3 Å². The SMILES string of the molecule is O=C1Nc2cc(Cc3sc(=O)[nH]c3O)ccc2OC1c1csc(-c2ccccc2)n1. The Kier molecular flexibility index (Phi) is 4.61. The number of anilines is 1. The highest BCUT2D eigenvalue weighted by atomic mass is 32.1. The number of nitrogens with one attached hydrogen (secondary N) is 2. The lowest BCUT2D eigenvalue weighted by Crippen LogP contribution is -2.30. The molecule has 1 unspecified atom stereocenters. The lowest BCUT2D eigenvalue weighted by Gasteiger charge is -2.25. The zero-order chi connectivity index (χ0) is 20.7. The quantitative estimate of drug-likeness (QED) is 0.449. The molecule has 9 heteroatoms. The monoisotopic (exact) mass is 437 g/mol. The predicted molar refractivity (Wildman–Crippen MR) is 115 cm³/mol. The van der Waals surface area contributed by atoms with Crippen molar-refractivity contribution in [1.82, 2.24) is 9.97 Å². The Hall–Kier alpha value is -3.43. The van der Waals surface area contributed by atoms with Crippen molar-refractivity contribution in [3.63, 3.8) is 0 Å². The molecule has 7 nitrogen and oxygen atoms in total. The number of thiazole rings is 2. The highest BCUT2D eigenvalue weighted by molar-refractivity contribution is 7.13. The van der Waals surface area contributed by atoms with Crippen molar-refractivity contribution in [2.45, 2.75) is 12.5 Å². The molecule has 0 saturated carbocycles. The Bertz CT molecular complexity index is 1290. The molecule has 0 radical (unpaired) electrons. The Morgan fingerprint density at radius 1 is 1.13 bits per heavy atom. The lowest BCUT2D eigenvalue weighted by molar-refractivity contribution is -0.123. The number of hydrogen-bond acceptors (Lipinski definition) is 7. The molecule has 150 valence electrons.